The van der Waals surface area contributed by atoms with Crippen LogP contribution in [0.1, 0.15) is 73.1 Å². The molecular weight excluding hydrogens is 450 g/mol. The smallest absolute Gasteiger partial charge is 0.0814 e. The van der Waals surface area contributed by atoms with E-state index in [0.717, 1.165) is 0 Å². The molecule has 0 N–H and O–H groups in total. The monoisotopic (exact) mass is 502 g/mol. The highest BCUT2D eigenvalue weighted by Crippen LogP contribution is 2.57. The molecular formula is C34H52BP. The standard InChI is InChI=1S/C26H32B.C8H20P/c1-2-3-4-5-6-16-23-27(24-17-10-7-11-18-24,25-19-12-8-13-20-25)26-21-14-9-15-22-26;1-5-9(6-2,7-3)8-4/h7-15,17-22H,2-6,16,23H2,1H3;5-8H2,1-4H3/q-1;+1. The van der Waals surface area contributed by atoms with Crippen LogP contribution >= 0.6 is 7.26 Å². The van der Waals surface area contributed by atoms with E-state index in [4.69, 9.17) is 0 Å². The largest absolute Gasteiger partial charge is 0.200 e. The van der Waals surface area contributed by atoms with Crippen LogP contribution in [0.4, 0.5) is 0 Å². The average molecular weight is 503 g/mol. The maximum Gasteiger partial charge on any atom is 0.0814 e. The van der Waals surface area contributed by atoms with E-state index >= 15 is 0 Å². The lowest BCUT2D eigenvalue weighted by Crippen LogP contribution is -2.66. The zero-order chi connectivity index (χ0) is 26.1. The predicted molar refractivity (Wildman–Crippen MR) is 171 cm³/mol. The van der Waals surface area contributed by atoms with E-state index in [-0.39, 0.29) is 0 Å². The Balaban J connectivity index is 0.000000434. The zero-order valence-electron chi connectivity index (χ0n) is 24.0. The molecule has 36 heavy (non-hydrogen) atoms. The summed E-state index contributed by atoms with van der Waals surface area (Å²) in [5, 5.41) is 0. The van der Waals surface area contributed by atoms with Crippen LogP contribution in [0.5, 0.6) is 0 Å². The van der Waals surface area contributed by atoms with Gasteiger partial charge in [-0.2, -0.15) is 22.7 Å². The molecule has 0 amide bonds. The maximum absolute atomic E-state index is 2.35. The molecule has 0 bridgehead atoms. The quantitative estimate of drug-likeness (QED) is 0.118. The molecule has 0 aliphatic heterocycles. The van der Waals surface area contributed by atoms with E-state index in [1.54, 1.807) is 0 Å². The first kappa shape index (κ1) is 30.4. The number of benzene rings is 3. The van der Waals surface area contributed by atoms with Crippen molar-refractivity contribution in [1.82, 2.24) is 0 Å². The van der Waals surface area contributed by atoms with Gasteiger partial charge in [0, 0.05) is 7.26 Å². The first-order chi connectivity index (χ1) is 17.6. The van der Waals surface area contributed by atoms with Crippen molar-refractivity contribution in [2.24, 2.45) is 0 Å². The van der Waals surface area contributed by atoms with Gasteiger partial charge < -0.3 is 0 Å². The number of unbranched alkanes of at least 4 members (excludes halogenated alkanes) is 5. The summed E-state index contributed by atoms with van der Waals surface area (Å²) in [5.74, 6) is 0. The third-order valence-electron chi connectivity index (χ3n) is 8.78. The van der Waals surface area contributed by atoms with Gasteiger partial charge in [0.15, 0.2) is 0 Å². The van der Waals surface area contributed by atoms with E-state index in [9.17, 15) is 0 Å². The Kier molecular flexibility index (Phi) is 14.2. The minimum atomic E-state index is -0.938. The third kappa shape index (κ3) is 8.35. The van der Waals surface area contributed by atoms with Gasteiger partial charge in [0.1, 0.15) is 0 Å². The van der Waals surface area contributed by atoms with Gasteiger partial charge >= 0.3 is 0 Å². The van der Waals surface area contributed by atoms with E-state index < -0.39 is 13.4 Å². The van der Waals surface area contributed by atoms with Crippen LogP contribution < -0.4 is 16.4 Å². The molecule has 3 aromatic carbocycles. The van der Waals surface area contributed by atoms with Crippen molar-refractivity contribution in [3.05, 3.63) is 91.0 Å². The maximum atomic E-state index is 2.35. The lowest BCUT2D eigenvalue weighted by atomic mass is 9.14. The summed E-state index contributed by atoms with van der Waals surface area (Å²) in [7, 11) is -0.420. The van der Waals surface area contributed by atoms with Gasteiger partial charge in [-0.15, -0.1) is 0 Å². The van der Waals surface area contributed by atoms with Gasteiger partial charge in [0.05, 0.1) is 30.8 Å². The van der Waals surface area contributed by atoms with Gasteiger partial charge in [-0.05, 0) is 27.7 Å². The van der Waals surface area contributed by atoms with Gasteiger partial charge in [0.25, 0.3) is 0 Å². The highest BCUT2D eigenvalue weighted by atomic mass is 31.2. The fourth-order valence-corrected chi connectivity index (χ4v) is 8.68. The van der Waals surface area contributed by atoms with Gasteiger partial charge in [-0.25, -0.2) is 0 Å². The summed E-state index contributed by atoms with van der Waals surface area (Å²) < 4.78 is 0. The third-order valence-corrected chi connectivity index (χ3v) is 14.1. The van der Waals surface area contributed by atoms with Crippen molar-refractivity contribution in [3.8, 4) is 0 Å². The Morgan fingerprint density at radius 2 is 0.778 bits per heavy atom. The minimum Gasteiger partial charge on any atom is -0.200 e. The summed E-state index contributed by atoms with van der Waals surface area (Å²) in [4.78, 5) is 0. The molecule has 0 atom stereocenters. The molecule has 0 spiro atoms. The lowest BCUT2D eigenvalue weighted by molar-refractivity contribution is 0.623. The molecule has 0 radical (unpaired) electrons. The van der Waals surface area contributed by atoms with Crippen LogP contribution in [0.2, 0.25) is 6.32 Å². The normalized spacial score (nSPS) is 11.6. The van der Waals surface area contributed by atoms with E-state index in [2.05, 4.69) is 126 Å². The fraction of sp³-hybridized carbons (Fsp3) is 0.471. The van der Waals surface area contributed by atoms with Crippen LogP contribution in [-0.2, 0) is 0 Å². The molecule has 0 heterocycles. The molecule has 3 aromatic rings. The molecule has 0 saturated carbocycles. The Hall–Kier alpha value is -1.85. The fourth-order valence-electron chi connectivity index (χ4n) is 5.99. The van der Waals surface area contributed by atoms with Crippen LogP contribution in [0.3, 0.4) is 0 Å². The van der Waals surface area contributed by atoms with Gasteiger partial charge in [-0.3, -0.25) is 0 Å². The molecule has 0 aliphatic rings. The Morgan fingerprint density at radius 3 is 1.08 bits per heavy atom. The Morgan fingerprint density at radius 1 is 0.444 bits per heavy atom. The molecule has 0 aromatic heterocycles. The summed E-state index contributed by atoms with van der Waals surface area (Å²) in [6, 6.07) is 33.5. The second-order valence-corrected chi connectivity index (χ2v) is 15.7. The number of hydrogen-bond acceptors (Lipinski definition) is 0. The SMILES string of the molecule is CCCCCCCC[B-](c1ccccc1)(c1ccccc1)c1ccccc1.CC[P+](CC)(CC)CC. The molecule has 0 aliphatic carbocycles. The minimum absolute atomic E-state index is 0.420. The predicted octanol–water partition coefficient (Wildman–Crippen LogP) is 8.60. The lowest BCUT2D eigenvalue weighted by Gasteiger charge is -2.43. The number of hydrogen-bond donors (Lipinski definition) is 0. The summed E-state index contributed by atoms with van der Waals surface area (Å²) >= 11 is 0. The van der Waals surface area contributed by atoms with E-state index in [0.29, 0.717) is 0 Å². The van der Waals surface area contributed by atoms with E-state index in [1.165, 1.54) is 85.9 Å². The molecule has 0 fully saturated rings. The second-order valence-electron chi connectivity index (χ2n) is 10.4. The van der Waals surface area contributed by atoms with Crippen molar-refractivity contribution >= 4 is 29.8 Å². The van der Waals surface area contributed by atoms with Crippen molar-refractivity contribution < 1.29 is 0 Å². The highest BCUT2D eigenvalue weighted by molar-refractivity contribution is 7.75. The summed E-state index contributed by atoms with van der Waals surface area (Å²) in [5.41, 5.74) is 4.38. The van der Waals surface area contributed by atoms with Crippen molar-refractivity contribution in [2.75, 3.05) is 24.6 Å². The van der Waals surface area contributed by atoms with Gasteiger partial charge in [-0.1, -0.05) is 136 Å². The van der Waals surface area contributed by atoms with Crippen LogP contribution in [0, 0.1) is 0 Å². The molecule has 0 saturated heterocycles. The van der Waals surface area contributed by atoms with Crippen molar-refractivity contribution in [1.29, 1.82) is 0 Å². The highest BCUT2D eigenvalue weighted by Gasteiger charge is 2.29. The Labute approximate surface area is 224 Å². The molecule has 0 nitrogen and oxygen atoms in total. The topological polar surface area (TPSA) is 0 Å². The molecule has 196 valence electrons. The summed E-state index contributed by atoms with van der Waals surface area (Å²) in [6.45, 7) is 11.7. The zero-order valence-corrected chi connectivity index (χ0v) is 24.9. The molecule has 0 unspecified atom stereocenters. The first-order valence-electron chi connectivity index (χ1n) is 14.8. The second kappa shape index (κ2) is 16.8. The van der Waals surface area contributed by atoms with Crippen LogP contribution in [0.25, 0.3) is 0 Å². The summed E-state index contributed by atoms with van der Waals surface area (Å²) in [6.07, 6.45) is 14.1. The van der Waals surface area contributed by atoms with Crippen LogP contribution in [-0.4, -0.2) is 30.8 Å². The van der Waals surface area contributed by atoms with Crippen molar-refractivity contribution in [2.45, 2.75) is 79.5 Å². The van der Waals surface area contributed by atoms with E-state index in [1.807, 2.05) is 0 Å². The van der Waals surface area contributed by atoms with Gasteiger partial charge in [0.2, 0.25) is 0 Å². The van der Waals surface area contributed by atoms with Crippen molar-refractivity contribution in [3.63, 3.8) is 0 Å². The first-order valence-corrected chi connectivity index (χ1v) is 17.3. The molecule has 3 rings (SSSR count). The molecule has 2 heteroatoms. The average Bonchev–Trinajstić information content (AvgIpc) is 2.96. The number of rotatable bonds is 14. The van der Waals surface area contributed by atoms with Crippen LogP contribution in [0.15, 0.2) is 91.0 Å². The Bertz CT molecular complexity index is 805.